The molecule has 4 rings (SSSR count). The first-order valence-electron chi connectivity index (χ1n) is 8.48. The zero-order valence-corrected chi connectivity index (χ0v) is 15.2. The summed E-state index contributed by atoms with van der Waals surface area (Å²) in [5.74, 6) is 1.15. The SMILES string of the molecule is Cc1ccc2nc(N3CC(C(=O)NCCn4ccnc4C)C3)sc2c1. The Morgan fingerprint density at radius 2 is 2.20 bits per heavy atom. The first-order valence-corrected chi connectivity index (χ1v) is 9.29. The molecule has 1 aromatic carbocycles. The highest BCUT2D eigenvalue weighted by molar-refractivity contribution is 7.22. The maximum atomic E-state index is 12.3. The van der Waals surface area contributed by atoms with E-state index in [0.29, 0.717) is 6.54 Å². The van der Waals surface area contributed by atoms with Crippen molar-refractivity contribution in [3.8, 4) is 0 Å². The van der Waals surface area contributed by atoms with Crippen LogP contribution in [0.5, 0.6) is 0 Å². The third-order valence-corrected chi connectivity index (χ3v) is 5.71. The zero-order valence-electron chi connectivity index (χ0n) is 14.4. The van der Waals surface area contributed by atoms with Crippen molar-refractivity contribution in [3.63, 3.8) is 0 Å². The van der Waals surface area contributed by atoms with E-state index in [1.807, 2.05) is 17.7 Å². The minimum atomic E-state index is 0.0534. The summed E-state index contributed by atoms with van der Waals surface area (Å²) in [5, 5.41) is 4.04. The van der Waals surface area contributed by atoms with E-state index in [4.69, 9.17) is 0 Å². The number of aryl methyl sites for hydroxylation is 2. The maximum Gasteiger partial charge on any atom is 0.226 e. The van der Waals surface area contributed by atoms with Gasteiger partial charge >= 0.3 is 0 Å². The Morgan fingerprint density at radius 1 is 1.36 bits per heavy atom. The van der Waals surface area contributed by atoms with Crippen LogP contribution in [0.1, 0.15) is 11.4 Å². The van der Waals surface area contributed by atoms with Crippen LogP contribution in [0.15, 0.2) is 30.6 Å². The minimum Gasteiger partial charge on any atom is -0.354 e. The molecule has 25 heavy (non-hydrogen) atoms. The van der Waals surface area contributed by atoms with Gasteiger partial charge in [0.2, 0.25) is 5.91 Å². The summed E-state index contributed by atoms with van der Waals surface area (Å²) in [7, 11) is 0. The van der Waals surface area contributed by atoms with Gasteiger partial charge in [-0.25, -0.2) is 9.97 Å². The smallest absolute Gasteiger partial charge is 0.226 e. The number of thiazole rings is 1. The fourth-order valence-electron chi connectivity index (χ4n) is 3.04. The molecule has 0 aliphatic carbocycles. The van der Waals surface area contributed by atoms with Gasteiger partial charge in [-0.2, -0.15) is 0 Å². The number of amides is 1. The van der Waals surface area contributed by atoms with E-state index < -0.39 is 0 Å². The molecule has 1 aliphatic rings. The van der Waals surface area contributed by atoms with Crippen molar-refractivity contribution in [2.45, 2.75) is 20.4 Å². The van der Waals surface area contributed by atoms with E-state index in [9.17, 15) is 4.79 Å². The van der Waals surface area contributed by atoms with E-state index in [2.05, 4.69) is 45.3 Å². The maximum absolute atomic E-state index is 12.3. The molecule has 130 valence electrons. The van der Waals surface area contributed by atoms with Gasteiger partial charge in [-0.1, -0.05) is 17.4 Å². The lowest BCUT2D eigenvalue weighted by molar-refractivity contribution is -0.125. The number of nitrogens with zero attached hydrogens (tertiary/aromatic N) is 4. The number of fused-ring (bicyclic) bond motifs is 1. The molecule has 1 amide bonds. The molecule has 0 radical (unpaired) electrons. The molecular weight excluding hydrogens is 334 g/mol. The predicted octanol–water partition coefficient (Wildman–Crippen LogP) is 2.36. The first-order chi connectivity index (χ1) is 12.1. The number of imidazole rings is 1. The topological polar surface area (TPSA) is 63.1 Å². The van der Waals surface area contributed by atoms with Crippen molar-refractivity contribution in [2.75, 3.05) is 24.5 Å². The van der Waals surface area contributed by atoms with E-state index in [1.165, 1.54) is 10.3 Å². The second-order valence-electron chi connectivity index (χ2n) is 6.53. The van der Waals surface area contributed by atoms with Gasteiger partial charge < -0.3 is 14.8 Å². The molecule has 1 saturated heterocycles. The fourth-order valence-corrected chi connectivity index (χ4v) is 4.12. The molecule has 0 bridgehead atoms. The fraction of sp³-hybridized carbons (Fsp3) is 0.389. The molecule has 0 unspecified atom stereocenters. The highest BCUT2D eigenvalue weighted by Crippen LogP contribution is 2.33. The van der Waals surface area contributed by atoms with E-state index in [1.54, 1.807) is 17.5 Å². The summed E-state index contributed by atoms with van der Waals surface area (Å²) in [4.78, 5) is 23.3. The van der Waals surface area contributed by atoms with E-state index >= 15 is 0 Å². The number of anilines is 1. The average Bonchev–Trinajstić information content (AvgIpc) is 3.12. The van der Waals surface area contributed by atoms with Crippen molar-refractivity contribution >= 4 is 32.6 Å². The van der Waals surface area contributed by atoms with Crippen molar-refractivity contribution in [1.82, 2.24) is 19.9 Å². The van der Waals surface area contributed by atoms with Crippen molar-refractivity contribution in [3.05, 3.63) is 42.0 Å². The summed E-state index contributed by atoms with van der Waals surface area (Å²) < 4.78 is 3.25. The average molecular weight is 355 g/mol. The number of carbonyl (C=O) groups is 1. The molecule has 3 aromatic rings. The lowest BCUT2D eigenvalue weighted by Gasteiger charge is -2.37. The van der Waals surface area contributed by atoms with Crippen LogP contribution < -0.4 is 10.2 Å². The number of hydrogen-bond acceptors (Lipinski definition) is 5. The van der Waals surface area contributed by atoms with Crippen LogP contribution in [0.25, 0.3) is 10.2 Å². The highest BCUT2D eigenvalue weighted by Gasteiger charge is 2.34. The van der Waals surface area contributed by atoms with Gasteiger partial charge in [0.05, 0.1) is 16.1 Å². The second kappa shape index (κ2) is 6.48. The molecule has 0 saturated carbocycles. The number of hydrogen-bond donors (Lipinski definition) is 1. The van der Waals surface area contributed by atoms with Crippen LogP contribution in [0.3, 0.4) is 0 Å². The second-order valence-corrected chi connectivity index (χ2v) is 7.54. The summed E-state index contributed by atoms with van der Waals surface area (Å²) in [5.41, 5.74) is 2.28. The number of carbonyl (C=O) groups excluding carboxylic acids is 1. The molecule has 1 aliphatic heterocycles. The monoisotopic (exact) mass is 355 g/mol. The minimum absolute atomic E-state index is 0.0534. The molecule has 7 heteroatoms. The summed E-state index contributed by atoms with van der Waals surface area (Å²) in [6.45, 7) is 6.93. The Labute approximate surface area is 150 Å². The lowest BCUT2D eigenvalue weighted by Crippen LogP contribution is -2.54. The Hall–Kier alpha value is -2.41. The highest BCUT2D eigenvalue weighted by atomic mass is 32.1. The van der Waals surface area contributed by atoms with Crippen LogP contribution in [0.2, 0.25) is 0 Å². The Balaban J connectivity index is 1.28. The summed E-state index contributed by atoms with van der Waals surface area (Å²) in [6.07, 6.45) is 3.71. The van der Waals surface area contributed by atoms with E-state index in [-0.39, 0.29) is 11.8 Å². The standard InChI is InChI=1S/C18H21N5OS/c1-12-3-4-15-16(9-12)25-18(21-15)23-10-14(11-23)17(24)20-6-8-22-7-5-19-13(22)2/h3-5,7,9,14H,6,8,10-11H2,1-2H3,(H,20,24). The molecule has 1 N–H and O–H groups in total. The third-order valence-electron chi connectivity index (χ3n) is 4.63. The van der Waals surface area contributed by atoms with Crippen LogP contribution >= 0.6 is 11.3 Å². The van der Waals surface area contributed by atoms with Crippen molar-refractivity contribution in [1.29, 1.82) is 0 Å². The molecule has 6 nitrogen and oxygen atoms in total. The van der Waals surface area contributed by atoms with Crippen molar-refractivity contribution in [2.24, 2.45) is 5.92 Å². The van der Waals surface area contributed by atoms with Crippen LogP contribution in [0.4, 0.5) is 5.13 Å². The van der Waals surface area contributed by atoms with Gasteiger partial charge in [-0.15, -0.1) is 0 Å². The number of benzene rings is 1. The van der Waals surface area contributed by atoms with Crippen molar-refractivity contribution < 1.29 is 4.79 Å². The van der Waals surface area contributed by atoms with Gasteiger partial charge in [0.25, 0.3) is 0 Å². The first kappa shape index (κ1) is 16.1. The third kappa shape index (κ3) is 3.24. The Kier molecular flexibility index (Phi) is 4.17. The molecule has 2 aromatic heterocycles. The number of nitrogens with one attached hydrogen (secondary N) is 1. The number of rotatable bonds is 5. The van der Waals surface area contributed by atoms with Gasteiger partial charge in [0, 0.05) is 38.6 Å². The molecule has 1 fully saturated rings. The van der Waals surface area contributed by atoms with Gasteiger partial charge in [0.15, 0.2) is 5.13 Å². The number of aromatic nitrogens is 3. The molecule has 0 atom stereocenters. The van der Waals surface area contributed by atoms with Gasteiger partial charge in [-0.3, -0.25) is 4.79 Å². The van der Waals surface area contributed by atoms with Crippen LogP contribution in [-0.2, 0) is 11.3 Å². The Bertz CT molecular complexity index is 909. The molecule has 3 heterocycles. The summed E-state index contributed by atoms with van der Waals surface area (Å²) >= 11 is 1.70. The van der Waals surface area contributed by atoms with Gasteiger partial charge in [0.1, 0.15) is 5.82 Å². The van der Waals surface area contributed by atoms with E-state index in [0.717, 1.165) is 36.1 Å². The quantitative estimate of drug-likeness (QED) is 0.763. The largest absolute Gasteiger partial charge is 0.354 e. The van der Waals surface area contributed by atoms with Crippen LogP contribution in [-0.4, -0.2) is 40.1 Å². The lowest BCUT2D eigenvalue weighted by atomic mass is 10.0. The zero-order chi connectivity index (χ0) is 17.4. The normalized spacial score (nSPS) is 14.7. The van der Waals surface area contributed by atoms with Crippen LogP contribution in [0, 0.1) is 19.8 Å². The van der Waals surface area contributed by atoms with Gasteiger partial charge in [-0.05, 0) is 31.5 Å². The molecule has 0 spiro atoms. The Morgan fingerprint density at radius 3 is 2.96 bits per heavy atom. The molecular formula is C18H21N5OS. The predicted molar refractivity (Wildman–Crippen MR) is 100 cm³/mol. The summed E-state index contributed by atoms with van der Waals surface area (Å²) in [6, 6.07) is 6.31.